The molecule has 1 aromatic carbocycles. The number of carbonyl (C=O) groups is 3. The summed E-state index contributed by atoms with van der Waals surface area (Å²) in [5.41, 5.74) is 2.10. The molecule has 9 heteroatoms. The number of nitrogens with one attached hydrogen (secondary N) is 1. The van der Waals surface area contributed by atoms with E-state index in [1.54, 1.807) is 20.8 Å². The van der Waals surface area contributed by atoms with Crippen LogP contribution in [0.1, 0.15) is 45.6 Å². The molecular weight excluding hydrogens is 450 g/mol. The van der Waals surface area contributed by atoms with Gasteiger partial charge in [0.15, 0.2) is 17.3 Å². The van der Waals surface area contributed by atoms with Crippen molar-refractivity contribution in [3.63, 3.8) is 0 Å². The van der Waals surface area contributed by atoms with E-state index in [9.17, 15) is 19.5 Å². The van der Waals surface area contributed by atoms with Crippen molar-refractivity contribution in [3.05, 3.63) is 45.3 Å². The van der Waals surface area contributed by atoms with E-state index >= 15 is 0 Å². The van der Waals surface area contributed by atoms with E-state index < -0.39 is 35.7 Å². The number of phenolic OH excluding ortho intramolecular Hbond substituents is 1. The first kappa shape index (κ1) is 24.6. The van der Waals surface area contributed by atoms with Crippen molar-refractivity contribution in [2.75, 3.05) is 14.2 Å². The lowest BCUT2D eigenvalue weighted by atomic mass is 9.69. The maximum Gasteiger partial charge on any atom is 0.337 e. The van der Waals surface area contributed by atoms with E-state index in [-0.39, 0.29) is 33.6 Å². The van der Waals surface area contributed by atoms with Gasteiger partial charge in [-0.15, -0.1) is 0 Å². The van der Waals surface area contributed by atoms with Gasteiger partial charge in [-0.05, 0) is 50.8 Å². The van der Waals surface area contributed by atoms with E-state index in [1.807, 2.05) is 6.92 Å². The highest BCUT2D eigenvalue weighted by atomic mass is 35.5. The SMILES string of the molecule is COC(=O)[C@@H]1C(=O)C2=C(C[C@H]1C)NC(C)=C(C(=O)OC(C)C)[C@H]2c1cc(Cl)c(O)c(OC)c1. The smallest absolute Gasteiger partial charge is 0.337 e. The third kappa shape index (κ3) is 4.44. The predicted molar refractivity (Wildman–Crippen MR) is 121 cm³/mol. The highest BCUT2D eigenvalue weighted by Gasteiger charge is 2.47. The summed E-state index contributed by atoms with van der Waals surface area (Å²) in [6.07, 6.45) is 0.0149. The molecule has 3 rings (SSSR count). The summed E-state index contributed by atoms with van der Waals surface area (Å²) in [6.45, 7) is 6.99. The minimum Gasteiger partial charge on any atom is -0.503 e. The number of Topliss-reactive ketones (excluding diaryl/α,β-unsaturated/α-hetero) is 1. The lowest BCUT2D eigenvalue weighted by molar-refractivity contribution is -0.151. The minimum absolute atomic E-state index is 0.000377. The molecule has 33 heavy (non-hydrogen) atoms. The lowest BCUT2D eigenvalue weighted by Crippen LogP contribution is -2.43. The fourth-order valence-corrected chi connectivity index (χ4v) is 4.70. The van der Waals surface area contributed by atoms with Gasteiger partial charge in [0, 0.05) is 22.9 Å². The second-order valence-electron chi connectivity index (χ2n) is 8.54. The first-order valence-corrected chi connectivity index (χ1v) is 11.0. The summed E-state index contributed by atoms with van der Waals surface area (Å²) in [5.74, 6) is -4.01. The number of rotatable bonds is 5. The Hall–Kier alpha value is -3.00. The number of aromatic hydroxyl groups is 1. The zero-order valence-corrected chi connectivity index (χ0v) is 20.2. The molecule has 0 saturated carbocycles. The third-order valence-corrected chi connectivity index (χ3v) is 6.20. The zero-order valence-electron chi connectivity index (χ0n) is 19.4. The van der Waals surface area contributed by atoms with Crippen LogP contribution < -0.4 is 10.1 Å². The van der Waals surface area contributed by atoms with E-state index in [0.29, 0.717) is 23.4 Å². The van der Waals surface area contributed by atoms with Crippen molar-refractivity contribution in [1.29, 1.82) is 0 Å². The number of benzene rings is 1. The fraction of sp³-hybridized carbons (Fsp3) is 0.458. The molecule has 1 aliphatic heterocycles. The second kappa shape index (κ2) is 9.47. The Morgan fingerprint density at radius 3 is 2.48 bits per heavy atom. The van der Waals surface area contributed by atoms with Gasteiger partial charge >= 0.3 is 11.9 Å². The molecule has 0 amide bonds. The Kier molecular flexibility index (Phi) is 7.07. The Bertz CT molecular complexity index is 1070. The van der Waals surface area contributed by atoms with E-state index in [4.69, 9.17) is 25.8 Å². The molecule has 178 valence electrons. The van der Waals surface area contributed by atoms with Gasteiger partial charge in [-0.3, -0.25) is 9.59 Å². The predicted octanol–water partition coefficient (Wildman–Crippen LogP) is 3.62. The van der Waals surface area contributed by atoms with E-state index in [1.165, 1.54) is 26.4 Å². The van der Waals surface area contributed by atoms with Gasteiger partial charge in [0.25, 0.3) is 0 Å². The fourth-order valence-electron chi connectivity index (χ4n) is 4.48. The van der Waals surface area contributed by atoms with Crippen molar-refractivity contribution in [1.82, 2.24) is 5.32 Å². The number of hydrogen-bond acceptors (Lipinski definition) is 8. The van der Waals surface area contributed by atoms with Gasteiger partial charge in [-0.1, -0.05) is 18.5 Å². The Morgan fingerprint density at radius 2 is 1.91 bits per heavy atom. The lowest BCUT2D eigenvalue weighted by Gasteiger charge is -2.38. The summed E-state index contributed by atoms with van der Waals surface area (Å²) in [4.78, 5) is 39.3. The summed E-state index contributed by atoms with van der Waals surface area (Å²) < 4.78 is 15.6. The number of ketones is 1. The topological polar surface area (TPSA) is 111 Å². The summed E-state index contributed by atoms with van der Waals surface area (Å²) in [5, 5.41) is 13.4. The van der Waals surface area contributed by atoms with Gasteiger partial charge in [0.2, 0.25) is 0 Å². The van der Waals surface area contributed by atoms with E-state index in [0.717, 1.165) is 0 Å². The molecule has 1 aromatic rings. The number of halogens is 1. The van der Waals surface area contributed by atoms with Crippen LogP contribution in [-0.4, -0.2) is 43.2 Å². The van der Waals surface area contributed by atoms with Gasteiger partial charge < -0.3 is 24.6 Å². The number of carbonyl (C=O) groups excluding carboxylic acids is 3. The molecule has 1 heterocycles. The van der Waals surface area contributed by atoms with Crippen molar-refractivity contribution >= 4 is 29.3 Å². The average molecular weight is 478 g/mol. The number of dihydropyridines is 1. The molecular formula is C24H28ClNO7. The largest absolute Gasteiger partial charge is 0.503 e. The van der Waals surface area contributed by atoms with Crippen molar-refractivity contribution in [2.24, 2.45) is 11.8 Å². The van der Waals surface area contributed by atoms with E-state index in [2.05, 4.69) is 5.32 Å². The normalized spacial score (nSPS) is 22.7. The van der Waals surface area contributed by atoms with Crippen molar-refractivity contribution in [3.8, 4) is 11.5 Å². The van der Waals surface area contributed by atoms with Crippen LogP contribution in [0.15, 0.2) is 34.7 Å². The monoisotopic (exact) mass is 477 g/mol. The first-order valence-electron chi connectivity index (χ1n) is 10.6. The van der Waals surface area contributed by atoms with Crippen LogP contribution in [-0.2, 0) is 23.9 Å². The molecule has 0 fully saturated rings. The van der Waals surface area contributed by atoms with Crippen molar-refractivity contribution in [2.45, 2.75) is 46.1 Å². The summed E-state index contributed by atoms with van der Waals surface area (Å²) in [6, 6.07) is 3.00. The second-order valence-corrected chi connectivity index (χ2v) is 8.95. The highest BCUT2D eigenvalue weighted by molar-refractivity contribution is 6.32. The maximum atomic E-state index is 13.7. The molecule has 0 radical (unpaired) electrons. The number of hydrogen-bond donors (Lipinski definition) is 2. The maximum absolute atomic E-state index is 13.7. The summed E-state index contributed by atoms with van der Waals surface area (Å²) >= 11 is 6.25. The molecule has 0 aromatic heterocycles. The van der Waals surface area contributed by atoms with Crippen LogP contribution in [0.3, 0.4) is 0 Å². The summed E-state index contributed by atoms with van der Waals surface area (Å²) in [7, 11) is 2.61. The minimum atomic E-state index is -1.01. The Morgan fingerprint density at radius 1 is 1.24 bits per heavy atom. The molecule has 0 unspecified atom stereocenters. The van der Waals surface area contributed by atoms with Crippen LogP contribution in [0.5, 0.6) is 11.5 Å². The third-order valence-electron chi connectivity index (χ3n) is 5.91. The van der Waals surface area contributed by atoms with Gasteiger partial charge in [0.1, 0.15) is 5.92 Å². The number of ether oxygens (including phenoxy) is 3. The molecule has 8 nitrogen and oxygen atoms in total. The standard InChI is InChI=1S/C24H28ClNO7/c1-10(2)33-24(30)18-12(4)26-15-7-11(3)17(23(29)32-6)22(28)20(15)19(18)13-8-14(25)21(27)16(9-13)31-5/h8-11,17,19,26-27H,7H2,1-6H3/t11-,17+,19-/m1/s1. The average Bonchev–Trinajstić information content (AvgIpc) is 2.73. The van der Waals surface area contributed by atoms with Crippen molar-refractivity contribution < 1.29 is 33.7 Å². The molecule has 0 saturated heterocycles. The van der Waals surface area contributed by atoms with Crippen LogP contribution >= 0.6 is 11.6 Å². The number of phenols is 1. The highest BCUT2D eigenvalue weighted by Crippen LogP contribution is 2.48. The van der Waals surface area contributed by atoms with Gasteiger partial charge in [-0.25, -0.2) is 4.79 Å². The zero-order chi connectivity index (χ0) is 24.6. The van der Waals surface area contributed by atoms with Crippen LogP contribution in [0.2, 0.25) is 5.02 Å². The molecule has 2 aliphatic rings. The molecule has 0 spiro atoms. The quantitative estimate of drug-likeness (QED) is 0.488. The molecule has 3 atom stereocenters. The Labute approximate surface area is 197 Å². The van der Waals surface area contributed by atoms with Crippen LogP contribution in [0, 0.1) is 11.8 Å². The van der Waals surface area contributed by atoms with Gasteiger partial charge in [0.05, 0.1) is 30.9 Å². The number of esters is 2. The Balaban J connectivity index is 2.26. The molecule has 1 aliphatic carbocycles. The number of methoxy groups -OCH3 is 2. The van der Waals surface area contributed by atoms with Gasteiger partial charge in [-0.2, -0.15) is 0 Å². The molecule has 0 bridgehead atoms. The van der Waals surface area contributed by atoms with Crippen LogP contribution in [0.4, 0.5) is 0 Å². The number of allylic oxidation sites excluding steroid dienone is 3. The molecule has 2 N–H and O–H groups in total. The van der Waals surface area contributed by atoms with Crippen LogP contribution in [0.25, 0.3) is 0 Å². The first-order chi connectivity index (χ1) is 15.5.